The molecule has 0 fully saturated rings. The van der Waals surface area contributed by atoms with E-state index >= 15 is 0 Å². The summed E-state index contributed by atoms with van der Waals surface area (Å²) in [7, 11) is 1.61. The molecule has 0 saturated carbocycles. The van der Waals surface area contributed by atoms with Crippen molar-refractivity contribution in [2.24, 2.45) is 0 Å². The van der Waals surface area contributed by atoms with Crippen LogP contribution in [0.1, 0.15) is 46.0 Å². The number of hydrogen-bond donors (Lipinski definition) is 1. The van der Waals surface area contributed by atoms with E-state index in [-0.39, 0.29) is 6.10 Å². The number of ether oxygens (including phenoxy) is 2. The first-order valence-corrected chi connectivity index (χ1v) is 7.31. The highest BCUT2D eigenvalue weighted by molar-refractivity contribution is 5.84. The summed E-state index contributed by atoms with van der Waals surface area (Å²) in [6.07, 6.45) is 4.85. The first-order valence-electron chi connectivity index (χ1n) is 7.31. The molecule has 1 aromatic rings. The van der Waals surface area contributed by atoms with Crippen molar-refractivity contribution in [3.63, 3.8) is 0 Å². The summed E-state index contributed by atoms with van der Waals surface area (Å²) >= 11 is 0. The van der Waals surface area contributed by atoms with Crippen LogP contribution in [0.3, 0.4) is 0 Å². The van der Waals surface area contributed by atoms with Gasteiger partial charge in [-0.25, -0.2) is 4.79 Å². The number of carbonyl (C=O) groups is 1. The summed E-state index contributed by atoms with van der Waals surface area (Å²) in [5, 5.41) is 2.73. The molecule has 4 nitrogen and oxygen atoms in total. The maximum absolute atomic E-state index is 11.8. The third-order valence-corrected chi connectivity index (χ3v) is 3.20. The molecule has 0 saturated heterocycles. The van der Waals surface area contributed by atoms with Crippen LogP contribution in [0.5, 0.6) is 5.75 Å². The topological polar surface area (TPSA) is 47.6 Å². The van der Waals surface area contributed by atoms with Gasteiger partial charge in [0.25, 0.3) is 0 Å². The number of nitrogens with one attached hydrogen (secondary N) is 1. The van der Waals surface area contributed by atoms with E-state index in [1.165, 1.54) is 12.8 Å². The average molecular weight is 279 g/mol. The number of carbonyl (C=O) groups excluding carboxylic acids is 1. The quantitative estimate of drug-likeness (QED) is 0.707. The summed E-state index contributed by atoms with van der Waals surface area (Å²) in [5.74, 6) is 0.759. The van der Waals surface area contributed by atoms with Gasteiger partial charge < -0.3 is 9.47 Å². The van der Waals surface area contributed by atoms with E-state index in [0.717, 1.165) is 25.0 Å². The highest BCUT2D eigenvalue weighted by Crippen LogP contribution is 2.16. The van der Waals surface area contributed by atoms with Crippen LogP contribution in [-0.4, -0.2) is 19.3 Å². The number of unbranched alkanes of at least 4 members (excludes halogenated alkanes) is 2. The fourth-order valence-corrected chi connectivity index (χ4v) is 1.94. The number of amides is 1. The Bertz CT molecular complexity index is 389. The maximum Gasteiger partial charge on any atom is 0.411 e. The van der Waals surface area contributed by atoms with Crippen LogP contribution < -0.4 is 10.1 Å². The maximum atomic E-state index is 11.8. The molecule has 0 aliphatic heterocycles. The molecule has 0 aromatic heterocycles. The van der Waals surface area contributed by atoms with Crippen LogP contribution in [0.4, 0.5) is 10.5 Å². The molecule has 0 radical (unpaired) electrons. The first kappa shape index (κ1) is 16.3. The van der Waals surface area contributed by atoms with Crippen LogP contribution in [0.15, 0.2) is 24.3 Å². The van der Waals surface area contributed by atoms with Crippen molar-refractivity contribution >= 4 is 11.8 Å². The van der Waals surface area contributed by atoms with Crippen molar-refractivity contribution in [3.8, 4) is 5.75 Å². The molecule has 112 valence electrons. The molecule has 0 aliphatic rings. The smallest absolute Gasteiger partial charge is 0.411 e. The van der Waals surface area contributed by atoms with Gasteiger partial charge in [0.1, 0.15) is 11.9 Å². The second-order valence-corrected chi connectivity index (χ2v) is 4.78. The molecular weight excluding hydrogens is 254 g/mol. The number of rotatable bonds is 8. The van der Waals surface area contributed by atoms with E-state index in [2.05, 4.69) is 12.2 Å². The molecule has 4 heteroatoms. The molecule has 1 unspecified atom stereocenters. The van der Waals surface area contributed by atoms with Crippen LogP contribution in [0.25, 0.3) is 0 Å². The van der Waals surface area contributed by atoms with Gasteiger partial charge in [-0.3, -0.25) is 5.32 Å². The van der Waals surface area contributed by atoms with Gasteiger partial charge in [0.15, 0.2) is 0 Å². The van der Waals surface area contributed by atoms with E-state index in [1.54, 1.807) is 31.4 Å². The van der Waals surface area contributed by atoms with Crippen molar-refractivity contribution in [3.05, 3.63) is 24.3 Å². The van der Waals surface area contributed by atoms with Gasteiger partial charge in [0.05, 0.1) is 7.11 Å². The highest BCUT2D eigenvalue weighted by atomic mass is 16.6. The fraction of sp³-hybridized carbons (Fsp3) is 0.562. The van der Waals surface area contributed by atoms with Crippen LogP contribution in [0, 0.1) is 0 Å². The number of anilines is 1. The minimum atomic E-state index is -0.390. The Morgan fingerprint density at radius 3 is 2.45 bits per heavy atom. The largest absolute Gasteiger partial charge is 0.497 e. The summed E-state index contributed by atoms with van der Waals surface area (Å²) in [6.45, 7) is 4.20. The van der Waals surface area contributed by atoms with Gasteiger partial charge in [-0.2, -0.15) is 0 Å². The van der Waals surface area contributed by atoms with Crippen molar-refractivity contribution in [2.45, 2.75) is 52.1 Å². The van der Waals surface area contributed by atoms with Gasteiger partial charge in [-0.1, -0.05) is 26.7 Å². The zero-order valence-electron chi connectivity index (χ0n) is 12.6. The van der Waals surface area contributed by atoms with Gasteiger partial charge in [-0.05, 0) is 43.5 Å². The summed E-state index contributed by atoms with van der Waals surface area (Å²) < 4.78 is 10.5. The third kappa shape index (κ3) is 5.95. The number of methoxy groups -OCH3 is 1. The third-order valence-electron chi connectivity index (χ3n) is 3.20. The first-order chi connectivity index (χ1) is 9.69. The van der Waals surface area contributed by atoms with E-state index in [9.17, 15) is 4.79 Å². The predicted molar refractivity (Wildman–Crippen MR) is 81.3 cm³/mol. The minimum absolute atomic E-state index is 0.000187. The lowest BCUT2D eigenvalue weighted by molar-refractivity contribution is 0.101. The Hall–Kier alpha value is -1.71. The summed E-state index contributed by atoms with van der Waals surface area (Å²) in [4.78, 5) is 11.8. The van der Waals surface area contributed by atoms with Crippen LogP contribution in [-0.2, 0) is 4.74 Å². The lowest BCUT2D eigenvalue weighted by atomic mass is 10.1. The van der Waals surface area contributed by atoms with Crippen LogP contribution in [0.2, 0.25) is 0 Å². The number of benzene rings is 1. The van der Waals surface area contributed by atoms with Gasteiger partial charge >= 0.3 is 6.09 Å². The van der Waals surface area contributed by atoms with E-state index in [0.29, 0.717) is 5.69 Å². The minimum Gasteiger partial charge on any atom is -0.497 e. The van der Waals surface area contributed by atoms with E-state index in [4.69, 9.17) is 9.47 Å². The molecule has 0 spiro atoms. The molecule has 0 aliphatic carbocycles. The Balaban J connectivity index is 2.40. The lowest BCUT2D eigenvalue weighted by Crippen LogP contribution is -2.22. The van der Waals surface area contributed by atoms with E-state index in [1.807, 2.05) is 6.92 Å². The molecule has 1 atom stereocenters. The van der Waals surface area contributed by atoms with Crippen molar-refractivity contribution in [1.29, 1.82) is 0 Å². The van der Waals surface area contributed by atoms with Crippen molar-refractivity contribution in [1.82, 2.24) is 0 Å². The zero-order valence-corrected chi connectivity index (χ0v) is 12.6. The zero-order chi connectivity index (χ0) is 14.8. The number of hydrogen-bond acceptors (Lipinski definition) is 3. The molecular formula is C16H25NO3. The lowest BCUT2D eigenvalue weighted by Gasteiger charge is -2.16. The van der Waals surface area contributed by atoms with Crippen molar-refractivity contribution < 1.29 is 14.3 Å². The highest BCUT2D eigenvalue weighted by Gasteiger charge is 2.12. The van der Waals surface area contributed by atoms with Gasteiger partial charge in [0.2, 0.25) is 0 Å². The SMILES string of the molecule is CCCCCC(CC)OC(=O)Nc1ccc(OC)cc1. The molecule has 20 heavy (non-hydrogen) atoms. The predicted octanol–water partition coefficient (Wildman–Crippen LogP) is 4.60. The summed E-state index contributed by atoms with van der Waals surface area (Å²) in [5.41, 5.74) is 0.708. The second-order valence-electron chi connectivity index (χ2n) is 4.78. The molecule has 1 N–H and O–H groups in total. The van der Waals surface area contributed by atoms with Crippen molar-refractivity contribution in [2.75, 3.05) is 12.4 Å². The second kappa shape index (κ2) is 9.23. The Kier molecular flexibility index (Phi) is 7.55. The Morgan fingerprint density at radius 1 is 1.20 bits per heavy atom. The fourth-order valence-electron chi connectivity index (χ4n) is 1.94. The monoisotopic (exact) mass is 279 g/mol. The normalized spacial score (nSPS) is 11.8. The van der Waals surface area contributed by atoms with Gasteiger partial charge in [0, 0.05) is 5.69 Å². The standard InChI is InChI=1S/C16H25NO3/c1-4-6-7-8-14(5-2)20-16(18)17-13-9-11-15(19-3)12-10-13/h9-12,14H,4-8H2,1-3H3,(H,17,18). The Morgan fingerprint density at radius 2 is 1.90 bits per heavy atom. The van der Waals surface area contributed by atoms with E-state index < -0.39 is 6.09 Å². The Labute approximate surface area is 121 Å². The molecule has 1 aromatic carbocycles. The molecule has 0 bridgehead atoms. The average Bonchev–Trinajstić information content (AvgIpc) is 2.47. The van der Waals surface area contributed by atoms with Crippen LogP contribution >= 0.6 is 0 Å². The summed E-state index contributed by atoms with van der Waals surface area (Å²) in [6, 6.07) is 7.18. The molecule has 0 heterocycles. The van der Waals surface area contributed by atoms with Gasteiger partial charge in [-0.15, -0.1) is 0 Å². The molecule has 1 amide bonds. The molecule has 1 rings (SSSR count).